The molecule has 1 aliphatic heterocycles. The van der Waals surface area contributed by atoms with Crippen LogP contribution in [-0.2, 0) is 0 Å². The van der Waals surface area contributed by atoms with Crippen LogP contribution in [0.2, 0.25) is 0 Å². The van der Waals surface area contributed by atoms with Gasteiger partial charge in [-0.1, -0.05) is 12.1 Å². The second-order valence-electron chi connectivity index (χ2n) is 7.15. The second-order valence-corrected chi connectivity index (χ2v) is 7.15. The molecule has 0 saturated carbocycles. The zero-order chi connectivity index (χ0) is 20.1. The van der Waals surface area contributed by atoms with E-state index in [-0.39, 0.29) is 0 Å². The summed E-state index contributed by atoms with van der Waals surface area (Å²) in [5, 5.41) is 19.5. The molecule has 1 fully saturated rings. The number of aliphatic hydroxyl groups excluding tert-OH is 1. The summed E-state index contributed by atoms with van der Waals surface area (Å²) < 4.78 is 10.8. The second kappa shape index (κ2) is 8.96. The molecule has 2 aromatic rings. The molecule has 3 rings (SSSR count). The van der Waals surface area contributed by atoms with Gasteiger partial charge in [-0.25, -0.2) is 0 Å². The quantitative estimate of drug-likeness (QED) is 0.795. The summed E-state index contributed by atoms with van der Waals surface area (Å²) in [4.78, 5) is 4.53. The van der Waals surface area contributed by atoms with Gasteiger partial charge in [0, 0.05) is 49.6 Å². The van der Waals surface area contributed by atoms with Gasteiger partial charge in [0.25, 0.3) is 0 Å². The summed E-state index contributed by atoms with van der Waals surface area (Å²) in [5.74, 6) is 1.56. The standard InChI is InChI=1S/C22H27N3O3/c1-24(15-22(26)17-6-4-16(13-23)5-7-17)18-8-9-25(14-18)19-10-20(27-2)12-21(11-19)28-3/h4-7,10-12,18,22,26H,8-9,14-15H2,1-3H3/t18-,22-/m1/s1. The van der Waals surface area contributed by atoms with Gasteiger partial charge in [0.2, 0.25) is 0 Å². The minimum Gasteiger partial charge on any atom is -0.497 e. The molecule has 0 aliphatic carbocycles. The van der Waals surface area contributed by atoms with Crippen LogP contribution in [-0.4, -0.2) is 56.9 Å². The molecule has 0 radical (unpaired) electrons. The molecule has 1 saturated heterocycles. The number of hydrogen-bond acceptors (Lipinski definition) is 6. The van der Waals surface area contributed by atoms with E-state index in [4.69, 9.17) is 14.7 Å². The Hall–Kier alpha value is -2.75. The minimum atomic E-state index is -0.580. The Balaban J connectivity index is 1.62. The van der Waals surface area contributed by atoms with Crippen molar-refractivity contribution in [1.29, 1.82) is 5.26 Å². The zero-order valence-electron chi connectivity index (χ0n) is 16.6. The van der Waals surface area contributed by atoms with Crippen molar-refractivity contribution in [3.05, 3.63) is 53.6 Å². The first-order valence-corrected chi connectivity index (χ1v) is 9.40. The number of methoxy groups -OCH3 is 2. The van der Waals surface area contributed by atoms with Gasteiger partial charge in [0.15, 0.2) is 0 Å². The van der Waals surface area contributed by atoms with E-state index < -0.39 is 6.10 Å². The highest BCUT2D eigenvalue weighted by Crippen LogP contribution is 2.31. The molecule has 0 spiro atoms. The van der Waals surface area contributed by atoms with E-state index in [1.807, 2.05) is 37.4 Å². The van der Waals surface area contributed by atoms with Crippen molar-refractivity contribution in [2.75, 3.05) is 45.8 Å². The van der Waals surface area contributed by atoms with Crippen LogP contribution in [0.3, 0.4) is 0 Å². The molecule has 0 amide bonds. The summed E-state index contributed by atoms with van der Waals surface area (Å²) in [6.45, 7) is 2.37. The SMILES string of the molecule is COc1cc(OC)cc(N2CC[C@@H](N(C)C[C@@H](O)c3ccc(C#N)cc3)C2)c1. The van der Waals surface area contributed by atoms with Gasteiger partial charge in [0.1, 0.15) is 11.5 Å². The van der Waals surface area contributed by atoms with Crippen molar-refractivity contribution in [3.63, 3.8) is 0 Å². The first-order chi connectivity index (χ1) is 13.5. The van der Waals surface area contributed by atoms with Crippen LogP contribution in [0.25, 0.3) is 0 Å². The lowest BCUT2D eigenvalue weighted by Crippen LogP contribution is -2.37. The monoisotopic (exact) mass is 381 g/mol. The highest BCUT2D eigenvalue weighted by molar-refractivity contribution is 5.56. The number of benzene rings is 2. The van der Waals surface area contributed by atoms with E-state index in [0.717, 1.165) is 42.3 Å². The Morgan fingerprint density at radius 1 is 1.18 bits per heavy atom. The largest absolute Gasteiger partial charge is 0.497 e. The number of hydrogen-bond donors (Lipinski definition) is 1. The molecule has 1 heterocycles. The molecule has 28 heavy (non-hydrogen) atoms. The minimum absolute atomic E-state index is 0.352. The highest BCUT2D eigenvalue weighted by atomic mass is 16.5. The number of ether oxygens (including phenoxy) is 2. The van der Waals surface area contributed by atoms with Gasteiger partial charge < -0.3 is 19.5 Å². The Kier molecular flexibility index (Phi) is 6.40. The number of aliphatic hydroxyl groups is 1. The molecular formula is C22H27N3O3. The van der Waals surface area contributed by atoms with Crippen molar-refractivity contribution in [3.8, 4) is 17.6 Å². The summed E-state index contributed by atoms with van der Waals surface area (Å²) in [5.41, 5.74) is 2.52. The number of likely N-dealkylation sites (N-methyl/N-ethyl adjacent to an activating group) is 1. The Bertz CT molecular complexity index is 810. The van der Waals surface area contributed by atoms with Gasteiger partial charge in [-0.2, -0.15) is 5.26 Å². The van der Waals surface area contributed by atoms with E-state index in [1.54, 1.807) is 26.4 Å². The molecule has 2 atom stereocenters. The summed E-state index contributed by atoms with van der Waals surface area (Å²) >= 11 is 0. The van der Waals surface area contributed by atoms with E-state index >= 15 is 0 Å². The molecular weight excluding hydrogens is 354 g/mol. The molecule has 148 valence electrons. The average Bonchev–Trinajstić information content (AvgIpc) is 3.23. The predicted molar refractivity (Wildman–Crippen MR) is 109 cm³/mol. The van der Waals surface area contributed by atoms with Crippen LogP contribution in [0, 0.1) is 11.3 Å². The molecule has 0 bridgehead atoms. The number of nitrogens with zero attached hydrogens (tertiary/aromatic N) is 3. The Morgan fingerprint density at radius 2 is 1.82 bits per heavy atom. The fourth-order valence-corrected chi connectivity index (χ4v) is 3.62. The highest BCUT2D eigenvalue weighted by Gasteiger charge is 2.27. The molecule has 0 unspecified atom stereocenters. The number of rotatable bonds is 7. The van der Waals surface area contributed by atoms with E-state index in [2.05, 4.69) is 15.9 Å². The zero-order valence-corrected chi connectivity index (χ0v) is 16.6. The van der Waals surface area contributed by atoms with Gasteiger partial charge in [0.05, 0.1) is 32.0 Å². The Labute approximate surface area is 166 Å². The van der Waals surface area contributed by atoms with E-state index in [9.17, 15) is 5.11 Å². The fourth-order valence-electron chi connectivity index (χ4n) is 3.62. The molecule has 1 aliphatic rings. The molecule has 2 aromatic carbocycles. The number of anilines is 1. The lowest BCUT2D eigenvalue weighted by Gasteiger charge is -2.27. The third kappa shape index (κ3) is 4.56. The van der Waals surface area contributed by atoms with Gasteiger partial charge >= 0.3 is 0 Å². The normalized spacial score (nSPS) is 17.4. The van der Waals surface area contributed by atoms with Crippen LogP contribution in [0.5, 0.6) is 11.5 Å². The first-order valence-electron chi connectivity index (χ1n) is 9.40. The molecule has 6 nitrogen and oxygen atoms in total. The topological polar surface area (TPSA) is 69.0 Å². The van der Waals surface area contributed by atoms with Crippen LogP contribution >= 0.6 is 0 Å². The van der Waals surface area contributed by atoms with Gasteiger partial charge in [-0.05, 0) is 31.2 Å². The molecule has 6 heteroatoms. The van der Waals surface area contributed by atoms with E-state index in [1.165, 1.54) is 0 Å². The maximum atomic E-state index is 10.6. The summed E-state index contributed by atoms with van der Waals surface area (Å²) in [6, 6.07) is 15.5. The van der Waals surface area contributed by atoms with Crippen molar-refractivity contribution < 1.29 is 14.6 Å². The van der Waals surface area contributed by atoms with Crippen molar-refractivity contribution in [1.82, 2.24) is 4.90 Å². The average molecular weight is 381 g/mol. The maximum absolute atomic E-state index is 10.6. The first kappa shape index (κ1) is 20.0. The third-order valence-electron chi connectivity index (χ3n) is 5.37. The molecule has 1 N–H and O–H groups in total. The number of nitriles is 1. The van der Waals surface area contributed by atoms with E-state index in [0.29, 0.717) is 18.2 Å². The van der Waals surface area contributed by atoms with Crippen LogP contribution in [0.15, 0.2) is 42.5 Å². The van der Waals surface area contributed by atoms with Gasteiger partial charge in [-0.15, -0.1) is 0 Å². The summed E-state index contributed by atoms with van der Waals surface area (Å²) in [6.07, 6.45) is 0.444. The van der Waals surface area contributed by atoms with Crippen LogP contribution in [0.1, 0.15) is 23.7 Å². The molecule has 0 aromatic heterocycles. The van der Waals surface area contributed by atoms with Crippen molar-refractivity contribution >= 4 is 5.69 Å². The maximum Gasteiger partial charge on any atom is 0.124 e. The predicted octanol–water partition coefficient (Wildman–Crippen LogP) is 2.82. The van der Waals surface area contributed by atoms with Crippen LogP contribution in [0.4, 0.5) is 5.69 Å². The lowest BCUT2D eigenvalue weighted by atomic mass is 10.1. The Morgan fingerprint density at radius 3 is 2.39 bits per heavy atom. The lowest BCUT2D eigenvalue weighted by molar-refractivity contribution is 0.109. The van der Waals surface area contributed by atoms with Crippen LogP contribution < -0.4 is 14.4 Å². The smallest absolute Gasteiger partial charge is 0.124 e. The van der Waals surface area contributed by atoms with Crippen molar-refractivity contribution in [2.24, 2.45) is 0 Å². The van der Waals surface area contributed by atoms with Crippen molar-refractivity contribution in [2.45, 2.75) is 18.6 Å². The third-order valence-corrected chi connectivity index (χ3v) is 5.37. The van der Waals surface area contributed by atoms with Gasteiger partial charge in [-0.3, -0.25) is 4.90 Å². The summed E-state index contributed by atoms with van der Waals surface area (Å²) in [7, 11) is 5.36. The fraction of sp³-hybridized carbons (Fsp3) is 0.409.